The second kappa shape index (κ2) is 7.85. The molecule has 1 amide bonds. The first kappa shape index (κ1) is 18.8. The zero-order valence-corrected chi connectivity index (χ0v) is 16.2. The third kappa shape index (κ3) is 4.02. The molecule has 1 N–H and O–H groups in total. The van der Waals surface area contributed by atoms with Crippen molar-refractivity contribution in [2.75, 3.05) is 5.32 Å². The number of nitrogens with zero attached hydrogens (tertiary/aromatic N) is 3. The van der Waals surface area contributed by atoms with E-state index in [9.17, 15) is 9.18 Å². The van der Waals surface area contributed by atoms with Crippen LogP contribution in [-0.4, -0.2) is 20.9 Å². The summed E-state index contributed by atoms with van der Waals surface area (Å²) in [6.45, 7) is 2.03. The molecule has 1 heterocycles. The van der Waals surface area contributed by atoms with E-state index in [-0.39, 0.29) is 10.9 Å². The van der Waals surface area contributed by atoms with Crippen molar-refractivity contribution in [2.24, 2.45) is 0 Å². The number of benzene rings is 3. The largest absolute Gasteiger partial charge is 0.322 e. The Labute approximate surface area is 171 Å². The van der Waals surface area contributed by atoms with Crippen molar-refractivity contribution in [2.45, 2.75) is 6.92 Å². The number of rotatable bonds is 4. The maximum Gasteiger partial charge on any atom is 0.255 e. The summed E-state index contributed by atoms with van der Waals surface area (Å²) in [5.74, 6) is -0.859. The summed E-state index contributed by atoms with van der Waals surface area (Å²) < 4.78 is 15.0. The number of aryl methyl sites for hydroxylation is 1. The molecule has 4 aromatic rings. The highest BCUT2D eigenvalue weighted by Crippen LogP contribution is 2.23. The minimum Gasteiger partial charge on any atom is -0.322 e. The zero-order valence-electron chi connectivity index (χ0n) is 15.4. The molecule has 0 fully saturated rings. The predicted molar refractivity (Wildman–Crippen MR) is 111 cm³/mol. The van der Waals surface area contributed by atoms with Gasteiger partial charge < -0.3 is 5.32 Å². The fraction of sp³-hybridized carbons (Fsp3) is 0.0455. The lowest BCUT2D eigenvalue weighted by molar-refractivity contribution is 0.102. The van der Waals surface area contributed by atoms with Crippen molar-refractivity contribution >= 4 is 23.2 Å². The molecule has 29 heavy (non-hydrogen) atoms. The topological polar surface area (TPSA) is 59.8 Å². The van der Waals surface area contributed by atoms with Gasteiger partial charge >= 0.3 is 0 Å². The predicted octanol–water partition coefficient (Wildman–Crippen LogP) is 5.29. The van der Waals surface area contributed by atoms with Gasteiger partial charge in [0.15, 0.2) is 0 Å². The molecule has 5 nitrogen and oxygen atoms in total. The van der Waals surface area contributed by atoms with Crippen LogP contribution in [0.5, 0.6) is 0 Å². The van der Waals surface area contributed by atoms with Gasteiger partial charge in [0.05, 0.1) is 22.6 Å². The smallest absolute Gasteiger partial charge is 0.255 e. The molecule has 0 saturated heterocycles. The van der Waals surface area contributed by atoms with Gasteiger partial charge in [-0.1, -0.05) is 46.6 Å². The lowest BCUT2D eigenvalue weighted by Gasteiger charge is -2.09. The van der Waals surface area contributed by atoms with Crippen molar-refractivity contribution in [3.63, 3.8) is 0 Å². The Balaban J connectivity index is 1.55. The van der Waals surface area contributed by atoms with Gasteiger partial charge in [0.1, 0.15) is 5.82 Å². The second-order valence-corrected chi connectivity index (χ2v) is 6.93. The van der Waals surface area contributed by atoms with Crippen LogP contribution in [0.1, 0.15) is 15.9 Å². The van der Waals surface area contributed by atoms with E-state index in [1.165, 1.54) is 23.8 Å². The molecular weight excluding hydrogens is 391 g/mol. The third-order valence-electron chi connectivity index (χ3n) is 4.45. The number of carbonyl (C=O) groups is 1. The van der Waals surface area contributed by atoms with E-state index in [4.69, 9.17) is 11.6 Å². The molecule has 0 unspecified atom stereocenters. The average molecular weight is 407 g/mol. The van der Waals surface area contributed by atoms with E-state index in [1.54, 1.807) is 35.1 Å². The molecule has 0 aliphatic heterocycles. The quantitative estimate of drug-likeness (QED) is 0.501. The normalized spacial score (nSPS) is 10.7. The molecule has 0 aliphatic rings. The molecule has 0 atom stereocenters. The van der Waals surface area contributed by atoms with Crippen molar-refractivity contribution in [1.29, 1.82) is 0 Å². The van der Waals surface area contributed by atoms with Crippen molar-refractivity contribution in [3.8, 4) is 16.9 Å². The van der Waals surface area contributed by atoms with E-state index in [0.717, 1.165) is 16.9 Å². The summed E-state index contributed by atoms with van der Waals surface area (Å²) in [7, 11) is 0. The number of carbonyl (C=O) groups excluding carboxylic acids is 1. The summed E-state index contributed by atoms with van der Waals surface area (Å²) >= 11 is 5.75. The number of nitrogens with one attached hydrogen (secondary N) is 1. The lowest BCUT2D eigenvalue weighted by Crippen LogP contribution is -2.12. The fourth-order valence-corrected chi connectivity index (χ4v) is 3.06. The number of amides is 1. The number of aromatic nitrogens is 3. The van der Waals surface area contributed by atoms with Gasteiger partial charge in [0.2, 0.25) is 0 Å². The summed E-state index contributed by atoms with van der Waals surface area (Å²) in [4.78, 5) is 12.4. The SMILES string of the molecule is Cc1ccc(-c2cnnn2-c2ccc(C(=O)Nc3ccc(F)c(Cl)c3)cc2)cc1. The summed E-state index contributed by atoms with van der Waals surface area (Å²) in [6, 6.07) is 19.1. The van der Waals surface area contributed by atoms with Crippen LogP contribution in [0.15, 0.2) is 72.9 Å². The molecule has 1 aromatic heterocycles. The Morgan fingerprint density at radius 3 is 2.45 bits per heavy atom. The average Bonchev–Trinajstić information content (AvgIpc) is 3.21. The lowest BCUT2D eigenvalue weighted by atomic mass is 10.1. The Morgan fingerprint density at radius 1 is 1.03 bits per heavy atom. The van der Waals surface area contributed by atoms with Gasteiger partial charge in [0.25, 0.3) is 5.91 Å². The molecule has 0 spiro atoms. The standard InChI is InChI=1S/C22H16ClFN4O/c1-14-2-4-15(5-3-14)21-13-25-27-28(21)18-9-6-16(7-10-18)22(29)26-17-8-11-20(24)19(23)12-17/h2-13H,1H3,(H,26,29). The molecular formula is C22H16ClFN4O. The molecule has 0 aliphatic carbocycles. The molecule has 3 aromatic carbocycles. The Bertz CT molecular complexity index is 1170. The highest BCUT2D eigenvalue weighted by molar-refractivity contribution is 6.31. The van der Waals surface area contributed by atoms with Crippen LogP contribution in [-0.2, 0) is 0 Å². The number of hydrogen-bond donors (Lipinski definition) is 1. The molecule has 144 valence electrons. The van der Waals surface area contributed by atoms with E-state index in [1.807, 2.05) is 31.2 Å². The highest BCUT2D eigenvalue weighted by Gasteiger charge is 2.11. The van der Waals surface area contributed by atoms with Gasteiger partial charge in [0, 0.05) is 16.8 Å². The molecule has 0 bridgehead atoms. The van der Waals surface area contributed by atoms with Gasteiger partial charge in [-0.3, -0.25) is 4.79 Å². The van der Waals surface area contributed by atoms with Crippen molar-refractivity contribution in [1.82, 2.24) is 15.0 Å². The first-order chi connectivity index (χ1) is 14.0. The second-order valence-electron chi connectivity index (χ2n) is 6.53. The molecule has 0 saturated carbocycles. The van der Waals surface area contributed by atoms with Crippen molar-refractivity contribution < 1.29 is 9.18 Å². The molecule has 7 heteroatoms. The number of hydrogen-bond acceptors (Lipinski definition) is 3. The Hall–Kier alpha value is -3.51. The van der Waals surface area contributed by atoms with Crippen LogP contribution in [0.4, 0.5) is 10.1 Å². The fourth-order valence-electron chi connectivity index (χ4n) is 2.88. The Morgan fingerprint density at radius 2 is 1.76 bits per heavy atom. The summed E-state index contributed by atoms with van der Waals surface area (Å²) in [5.41, 5.74) is 4.67. The van der Waals surface area contributed by atoms with E-state index >= 15 is 0 Å². The van der Waals surface area contributed by atoms with Crippen LogP contribution in [0.25, 0.3) is 16.9 Å². The number of anilines is 1. The monoisotopic (exact) mass is 406 g/mol. The van der Waals surface area contributed by atoms with Crippen LogP contribution in [0.3, 0.4) is 0 Å². The first-order valence-electron chi connectivity index (χ1n) is 8.86. The van der Waals surface area contributed by atoms with E-state index in [0.29, 0.717) is 11.3 Å². The van der Waals surface area contributed by atoms with Crippen LogP contribution in [0.2, 0.25) is 5.02 Å². The molecule has 0 radical (unpaired) electrons. The minimum atomic E-state index is -0.536. The summed E-state index contributed by atoms with van der Waals surface area (Å²) in [6.07, 6.45) is 1.70. The maximum absolute atomic E-state index is 13.3. The molecule has 4 rings (SSSR count). The maximum atomic E-state index is 13.3. The van der Waals surface area contributed by atoms with Crippen LogP contribution >= 0.6 is 11.6 Å². The highest BCUT2D eigenvalue weighted by atomic mass is 35.5. The van der Waals surface area contributed by atoms with Gasteiger partial charge in [-0.2, -0.15) is 0 Å². The van der Waals surface area contributed by atoms with E-state index in [2.05, 4.69) is 15.6 Å². The summed E-state index contributed by atoms with van der Waals surface area (Å²) in [5, 5.41) is 10.8. The van der Waals surface area contributed by atoms with Crippen LogP contribution in [0, 0.1) is 12.7 Å². The first-order valence-corrected chi connectivity index (χ1v) is 9.23. The van der Waals surface area contributed by atoms with Crippen LogP contribution < -0.4 is 5.32 Å². The number of halogens is 2. The van der Waals surface area contributed by atoms with E-state index < -0.39 is 5.82 Å². The third-order valence-corrected chi connectivity index (χ3v) is 4.74. The van der Waals surface area contributed by atoms with Gasteiger partial charge in [-0.05, 0) is 49.4 Å². The van der Waals surface area contributed by atoms with Gasteiger partial charge in [-0.25, -0.2) is 9.07 Å². The Kier molecular flexibility index (Phi) is 5.10. The minimum absolute atomic E-state index is 0.0482. The zero-order chi connectivity index (χ0) is 20.4. The van der Waals surface area contributed by atoms with Crippen molar-refractivity contribution in [3.05, 3.63) is 94.9 Å². The van der Waals surface area contributed by atoms with Gasteiger partial charge in [-0.15, -0.1) is 5.10 Å².